The lowest BCUT2D eigenvalue weighted by Crippen LogP contribution is -2.34. The number of carbonyl (C=O) groups excluding carboxylic acids is 1. The summed E-state index contributed by atoms with van der Waals surface area (Å²) in [5.41, 5.74) is 2.24. The second-order valence-electron chi connectivity index (χ2n) is 6.72. The quantitative estimate of drug-likeness (QED) is 0.766. The number of nitrogens with one attached hydrogen (secondary N) is 1. The zero-order chi connectivity index (χ0) is 20.5. The number of aryl methyl sites for hydroxylation is 1. The molecule has 0 spiro atoms. The van der Waals surface area contributed by atoms with E-state index in [1.54, 1.807) is 37.3 Å². The first-order valence-electron chi connectivity index (χ1n) is 9.03. The number of unbranched alkanes of at least 4 members (excludes halogenated alkanes) is 1. The highest BCUT2D eigenvalue weighted by Crippen LogP contribution is 2.33. The van der Waals surface area contributed by atoms with Crippen molar-refractivity contribution < 1.29 is 13.2 Å². The van der Waals surface area contributed by atoms with Crippen molar-refractivity contribution >= 4 is 44.7 Å². The van der Waals surface area contributed by atoms with Crippen molar-refractivity contribution in [3.8, 4) is 0 Å². The van der Waals surface area contributed by atoms with E-state index >= 15 is 0 Å². The van der Waals surface area contributed by atoms with Crippen LogP contribution in [0.4, 0.5) is 11.4 Å². The number of anilines is 2. The van der Waals surface area contributed by atoms with Gasteiger partial charge in [0.05, 0.1) is 5.69 Å². The first-order valence-corrected chi connectivity index (χ1v) is 10.9. The molecule has 0 saturated carbocycles. The number of amidine groups is 1. The first kappa shape index (κ1) is 20.4. The van der Waals surface area contributed by atoms with Crippen molar-refractivity contribution in [2.24, 2.45) is 4.40 Å². The molecule has 3 rings (SSSR count). The van der Waals surface area contributed by atoms with Crippen LogP contribution < -0.4 is 10.2 Å². The maximum Gasteiger partial charge on any atom is 0.286 e. The third-order valence-corrected chi connectivity index (χ3v) is 6.39. The van der Waals surface area contributed by atoms with E-state index in [1.165, 1.54) is 6.07 Å². The minimum Gasteiger partial charge on any atom is -0.328 e. The molecule has 0 atom stereocenters. The van der Waals surface area contributed by atoms with E-state index in [-0.39, 0.29) is 10.5 Å². The van der Waals surface area contributed by atoms with Crippen LogP contribution in [0.2, 0.25) is 5.02 Å². The Balaban J connectivity index is 1.94. The maximum absolute atomic E-state index is 12.6. The van der Waals surface area contributed by atoms with Gasteiger partial charge in [-0.15, -0.1) is 4.40 Å². The predicted octanol–water partition coefficient (Wildman–Crippen LogP) is 4.63. The normalized spacial score (nSPS) is 15.0. The molecule has 0 unspecified atom stereocenters. The number of nitrogens with zero attached hydrogens (tertiary/aromatic N) is 2. The number of hydrogen-bond acceptors (Lipinski definition) is 4. The summed E-state index contributed by atoms with van der Waals surface area (Å²) in [6, 6.07) is 9.87. The lowest BCUT2D eigenvalue weighted by atomic mass is 10.1. The number of fused-ring (bicyclic) bond motifs is 1. The maximum atomic E-state index is 12.6. The molecule has 1 heterocycles. The minimum absolute atomic E-state index is 0.0452. The fourth-order valence-electron chi connectivity index (χ4n) is 3.00. The molecule has 28 heavy (non-hydrogen) atoms. The van der Waals surface area contributed by atoms with Gasteiger partial charge in [-0.05, 0) is 56.2 Å². The van der Waals surface area contributed by atoms with Crippen LogP contribution in [0.25, 0.3) is 0 Å². The van der Waals surface area contributed by atoms with Gasteiger partial charge in [0.1, 0.15) is 10.7 Å². The summed E-state index contributed by atoms with van der Waals surface area (Å²) in [4.78, 5) is 14.5. The summed E-state index contributed by atoms with van der Waals surface area (Å²) < 4.78 is 29.0. The molecule has 1 N–H and O–H groups in total. The minimum atomic E-state index is -3.85. The van der Waals surface area contributed by atoms with E-state index in [1.807, 2.05) is 11.8 Å². The van der Waals surface area contributed by atoms with Crippen LogP contribution in [-0.4, -0.2) is 26.7 Å². The summed E-state index contributed by atoms with van der Waals surface area (Å²) >= 11 is 6.10. The topological polar surface area (TPSA) is 78.8 Å². The molecule has 2 aromatic carbocycles. The number of hydrogen-bond donors (Lipinski definition) is 1. The standard InChI is InChI=1S/C20H22ClN3O3S/c1-4-5-10-24-14(3)23-28(26,27)19-11-15(7-9-18(19)24)20(25)22-16-8-6-13(2)17(21)12-16/h6-9,11-12H,4-5,10H2,1-3H3,(H,22,25). The van der Waals surface area contributed by atoms with Crippen molar-refractivity contribution in [2.45, 2.75) is 38.5 Å². The highest BCUT2D eigenvalue weighted by Gasteiger charge is 2.29. The molecule has 0 fully saturated rings. The average molecular weight is 420 g/mol. The molecular weight excluding hydrogens is 398 g/mol. The summed E-state index contributed by atoms with van der Waals surface area (Å²) in [5.74, 6) is 0.0248. The third-order valence-electron chi connectivity index (χ3n) is 4.60. The highest BCUT2D eigenvalue weighted by atomic mass is 35.5. The Morgan fingerprint density at radius 2 is 1.93 bits per heavy atom. The van der Waals surface area contributed by atoms with Gasteiger partial charge in [0.2, 0.25) is 0 Å². The number of sulfonamides is 1. The van der Waals surface area contributed by atoms with Gasteiger partial charge in [0.15, 0.2) is 0 Å². The van der Waals surface area contributed by atoms with E-state index in [0.717, 1.165) is 18.4 Å². The van der Waals surface area contributed by atoms with Crippen LogP contribution in [-0.2, 0) is 10.0 Å². The third kappa shape index (κ3) is 4.05. The van der Waals surface area contributed by atoms with Crippen LogP contribution in [0.3, 0.4) is 0 Å². The highest BCUT2D eigenvalue weighted by molar-refractivity contribution is 7.90. The van der Waals surface area contributed by atoms with Crippen molar-refractivity contribution in [1.82, 2.24) is 0 Å². The predicted molar refractivity (Wildman–Crippen MR) is 113 cm³/mol. The molecular formula is C20H22ClN3O3S. The van der Waals surface area contributed by atoms with E-state index in [4.69, 9.17) is 11.6 Å². The van der Waals surface area contributed by atoms with Crippen molar-refractivity contribution in [3.63, 3.8) is 0 Å². The Bertz CT molecular complexity index is 1060. The molecule has 1 aliphatic heterocycles. The second-order valence-corrected chi connectivity index (χ2v) is 8.70. The number of rotatable bonds is 5. The first-order chi connectivity index (χ1) is 13.2. The van der Waals surface area contributed by atoms with E-state index in [2.05, 4.69) is 16.6 Å². The molecule has 0 aliphatic carbocycles. The molecule has 1 amide bonds. The summed E-state index contributed by atoms with van der Waals surface area (Å²) in [6.07, 6.45) is 1.88. The van der Waals surface area contributed by atoms with Gasteiger partial charge in [-0.1, -0.05) is 31.0 Å². The van der Waals surface area contributed by atoms with Gasteiger partial charge in [0, 0.05) is 22.8 Å². The molecule has 6 nitrogen and oxygen atoms in total. The lowest BCUT2D eigenvalue weighted by molar-refractivity contribution is 0.102. The van der Waals surface area contributed by atoms with Crippen molar-refractivity contribution in [1.29, 1.82) is 0 Å². The summed E-state index contributed by atoms with van der Waals surface area (Å²) in [6.45, 7) is 6.29. The van der Waals surface area contributed by atoms with Gasteiger partial charge in [0.25, 0.3) is 15.9 Å². The Morgan fingerprint density at radius 1 is 1.18 bits per heavy atom. The monoisotopic (exact) mass is 419 g/mol. The molecule has 148 valence electrons. The SMILES string of the molecule is CCCCN1C(C)=NS(=O)(=O)c2cc(C(=O)Nc3ccc(C)c(Cl)c3)ccc21. The van der Waals surface area contributed by atoms with Gasteiger partial charge in [-0.25, -0.2) is 0 Å². The molecule has 1 aliphatic rings. The second kappa shape index (κ2) is 7.93. The number of benzene rings is 2. The van der Waals surface area contributed by atoms with Crippen molar-refractivity contribution in [2.75, 3.05) is 16.8 Å². The van der Waals surface area contributed by atoms with Crippen LogP contribution >= 0.6 is 11.6 Å². The van der Waals surface area contributed by atoms with E-state index in [0.29, 0.717) is 28.8 Å². The van der Waals surface area contributed by atoms with Crippen LogP contribution in [0.5, 0.6) is 0 Å². The van der Waals surface area contributed by atoms with E-state index in [9.17, 15) is 13.2 Å². The Labute approximate surface area is 170 Å². The van der Waals surface area contributed by atoms with Gasteiger partial charge in [-0.3, -0.25) is 4.79 Å². The van der Waals surface area contributed by atoms with E-state index < -0.39 is 15.9 Å². The van der Waals surface area contributed by atoms with Crippen LogP contribution in [0.15, 0.2) is 45.7 Å². The molecule has 0 bridgehead atoms. The van der Waals surface area contributed by atoms with Crippen molar-refractivity contribution in [3.05, 3.63) is 52.5 Å². The summed E-state index contributed by atoms with van der Waals surface area (Å²) in [7, 11) is -3.85. The number of carbonyl (C=O) groups is 1. The Kier molecular flexibility index (Phi) is 5.76. The summed E-state index contributed by atoms with van der Waals surface area (Å²) in [5, 5.41) is 3.29. The number of halogens is 1. The Morgan fingerprint density at radius 3 is 2.61 bits per heavy atom. The fraction of sp³-hybridized carbons (Fsp3) is 0.300. The largest absolute Gasteiger partial charge is 0.328 e. The van der Waals surface area contributed by atoms with Gasteiger partial charge >= 0.3 is 0 Å². The molecule has 8 heteroatoms. The molecule has 0 saturated heterocycles. The number of amides is 1. The van der Waals surface area contributed by atoms with Gasteiger partial charge in [-0.2, -0.15) is 8.42 Å². The van der Waals surface area contributed by atoms with Crippen LogP contribution in [0, 0.1) is 6.92 Å². The molecule has 0 aromatic heterocycles. The smallest absolute Gasteiger partial charge is 0.286 e. The zero-order valence-corrected chi connectivity index (χ0v) is 17.6. The molecule has 0 radical (unpaired) electrons. The average Bonchev–Trinajstić information content (AvgIpc) is 2.64. The lowest BCUT2D eigenvalue weighted by Gasteiger charge is -2.29. The Hall–Kier alpha value is -2.38. The zero-order valence-electron chi connectivity index (χ0n) is 16.0. The molecule has 2 aromatic rings. The van der Waals surface area contributed by atoms with Gasteiger partial charge < -0.3 is 10.2 Å². The fourth-order valence-corrected chi connectivity index (χ4v) is 4.45. The van der Waals surface area contributed by atoms with Crippen LogP contribution in [0.1, 0.15) is 42.6 Å².